The minimum Gasteiger partial charge on any atom is -0.427 e. The number of anilines is 2. The second kappa shape index (κ2) is 16.4. The molecule has 0 amide bonds. The molecule has 8 N–H and O–H groups in total. The fraction of sp³-hybridized carbons (Fsp3) is 0.321. The largest absolute Gasteiger partial charge is 0.454 e. The van der Waals surface area contributed by atoms with Crippen LogP contribution in [0, 0.1) is 0 Å². The van der Waals surface area contributed by atoms with Crippen LogP contribution in [-0.4, -0.2) is 56.5 Å². The van der Waals surface area contributed by atoms with Gasteiger partial charge >= 0.3 is 7.12 Å². The van der Waals surface area contributed by atoms with Crippen LogP contribution in [0.2, 0.25) is 5.82 Å². The third kappa shape index (κ3) is 11.5. The molecule has 0 atom stereocenters. The maximum absolute atomic E-state index is 11.8. The molecule has 0 aliphatic heterocycles. The lowest BCUT2D eigenvalue weighted by molar-refractivity contribution is 0.403. The molecule has 5 heterocycles. The van der Waals surface area contributed by atoms with Crippen molar-refractivity contribution >= 4 is 50.4 Å². The molecule has 0 aromatic carbocycles. The fourth-order valence-corrected chi connectivity index (χ4v) is 4.14. The van der Waals surface area contributed by atoms with Gasteiger partial charge in [-0.2, -0.15) is 15.3 Å². The third-order valence-corrected chi connectivity index (χ3v) is 7.46. The van der Waals surface area contributed by atoms with Crippen LogP contribution in [0.3, 0.4) is 0 Å². The number of nitrogen functional groups attached to an aromatic ring is 2. The summed E-state index contributed by atoms with van der Waals surface area (Å²) in [5.74, 6) is 0.842. The first-order valence-electron chi connectivity index (χ1n) is 14.3. The number of hydrogen-bond donors (Lipinski definition) is 6. The average molecular weight is 746 g/mol. The van der Waals surface area contributed by atoms with E-state index in [0.29, 0.717) is 17.9 Å². The molecular formula is C28H35BBr2N10O4. The molecule has 17 heteroatoms. The minimum atomic E-state index is -1.04. The first kappa shape index (κ1) is 34.0. The quantitative estimate of drug-likeness (QED) is 0.148. The van der Waals surface area contributed by atoms with Gasteiger partial charge in [0.05, 0.1) is 23.5 Å². The Labute approximate surface area is 275 Å². The molecule has 0 spiro atoms. The molecule has 0 bridgehead atoms. The first-order chi connectivity index (χ1) is 21.6. The molecule has 0 saturated heterocycles. The van der Waals surface area contributed by atoms with E-state index >= 15 is 0 Å². The Morgan fingerprint density at radius 1 is 0.822 bits per heavy atom. The second-order valence-corrected chi connectivity index (χ2v) is 12.2. The molecule has 5 aromatic heterocycles. The zero-order valence-corrected chi connectivity index (χ0v) is 27.5. The van der Waals surface area contributed by atoms with E-state index in [1.165, 1.54) is 30.3 Å². The van der Waals surface area contributed by atoms with E-state index in [-0.39, 0.29) is 28.3 Å². The van der Waals surface area contributed by atoms with Crippen LogP contribution in [0.5, 0.6) is 0 Å². The van der Waals surface area contributed by atoms with Gasteiger partial charge in [0.2, 0.25) is 0 Å². The minimum absolute atomic E-state index is 0.213. The van der Waals surface area contributed by atoms with Gasteiger partial charge in [-0.25, -0.2) is 0 Å². The topological polar surface area (TPSA) is 212 Å². The van der Waals surface area contributed by atoms with Crippen molar-refractivity contribution in [2.45, 2.75) is 56.4 Å². The Bertz CT molecular complexity index is 1730. The number of nitrogens with two attached hydrogens (primary N) is 2. The summed E-state index contributed by atoms with van der Waals surface area (Å²) in [6.45, 7) is 0. The molecule has 8 rings (SSSR count). The highest BCUT2D eigenvalue weighted by molar-refractivity contribution is 9.10. The lowest BCUT2D eigenvalue weighted by Gasteiger charge is -2.02. The summed E-state index contributed by atoms with van der Waals surface area (Å²) in [7, 11) is -1.04. The Hall–Kier alpha value is -3.93. The van der Waals surface area contributed by atoms with E-state index < -0.39 is 7.12 Å². The van der Waals surface area contributed by atoms with Crippen LogP contribution >= 0.6 is 31.9 Å². The summed E-state index contributed by atoms with van der Waals surface area (Å²) in [6.07, 6.45) is 15.8. The number of pyridine rings is 2. The summed E-state index contributed by atoms with van der Waals surface area (Å²) in [6, 6.07) is 13.4. The van der Waals surface area contributed by atoms with Crippen molar-refractivity contribution in [2.24, 2.45) is 0 Å². The van der Waals surface area contributed by atoms with Crippen molar-refractivity contribution in [3.05, 3.63) is 103 Å². The number of nitrogens with zero attached hydrogens (tertiary/aromatic N) is 6. The first-order valence-corrected chi connectivity index (χ1v) is 15.9. The van der Waals surface area contributed by atoms with Crippen molar-refractivity contribution in [1.82, 2.24) is 39.3 Å². The molecule has 3 aliphatic carbocycles. The van der Waals surface area contributed by atoms with Crippen molar-refractivity contribution in [3.8, 4) is 5.82 Å². The van der Waals surface area contributed by atoms with Gasteiger partial charge in [0, 0.05) is 37.1 Å². The fourth-order valence-electron chi connectivity index (χ4n) is 3.62. The van der Waals surface area contributed by atoms with Crippen molar-refractivity contribution in [3.63, 3.8) is 0 Å². The maximum atomic E-state index is 11.8. The van der Waals surface area contributed by atoms with Gasteiger partial charge in [-0.3, -0.25) is 28.6 Å². The summed E-state index contributed by atoms with van der Waals surface area (Å²) < 4.78 is 7.25. The third-order valence-electron chi connectivity index (χ3n) is 6.59. The molecule has 3 saturated carbocycles. The molecule has 5 aromatic rings. The van der Waals surface area contributed by atoms with Crippen molar-refractivity contribution in [2.75, 3.05) is 11.5 Å². The van der Waals surface area contributed by atoms with E-state index in [0.717, 1.165) is 22.0 Å². The van der Waals surface area contributed by atoms with Crippen molar-refractivity contribution < 1.29 is 10.0 Å². The van der Waals surface area contributed by atoms with E-state index in [9.17, 15) is 9.59 Å². The highest BCUT2D eigenvalue weighted by Crippen LogP contribution is 2.37. The summed E-state index contributed by atoms with van der Waals surface area (Å²) in [5, 5.41) is 31.4. The lowest BCUT2D eigenvalue weighted by atomic mass is 9.84. The highest BCUT2D eigenvalue weighted by atomic mass is 79.9. The predicted octanol–water partition coefficient (Wildman–Crippen LogP) is 3.68. The number of hydrogen-bond acceptors (Lipinski definition) is 9. The Kier molecular flexibility index (Phi) is 12.4. The van der Waals surface area contributed by atoms with Gasteiger partial charge in [-0.05, 0) is 99.8 Å². The Balaban J connectivity index is 0.000000137. The van der Waals surface area contributed by atoms with E-state index in [2.05, 4.69) is 57.2 Å². The number of halogens is 2. The average Bonchev–Trinajstić information content (AvgIpc) is 3.98. The van der Waals surface area contributed by atoms with Gasteiger partial charge in [-0.15, -0.1) is 0 Å². The molecule has 14 nitrogen and oxygen atoms in total. The number of H-pyrrole nitrogens is 2. The number of rotatable bonds is 4. The molecule has 0 radical (unpaired) electrons. The van der Waals surface area contributed by atoms with Crippen LogP contribution < -0.4 is 22.6 Å². The number of nitrogens with one attached hydrogen (secondary N) is 2. The molecule has 3 aliphatic rings. The molecule has 45 heavy (non-hydrogen) atoms. The maximum Gasteiger partial charge on any atom is 0.454 e. The van der Waals surface area contributed by atoms with Crippen molar-refractivity contribution in [1.29, 1.82) is 0 Å². The van der Waals surface area contributed by atoms with Gasteiger partial charge in [0.15, 0.2) is 5.82 Å². The second-order valence-electron chi connectivity index (χ2n) is 10.5. The van der Waals surface area contributed by atoms with E-state index in [1.54, 1.807) is 42.9 Å². The Morgan fingerprint density at radius 3 is 1.89 bits per heavy atom. The standard InChI is InChI=1S/C11H12N4O.C6H7BrN2.C5H6N2O.C3H7BO2.C3H3BrN2/c12-9-2-1-6-14(11(9)16)10-5-7-15(13-10)8-3-4-8;7-6-3-4-9(8-6)5-1-2-5;6-4-2-1-3-7-5(4)8;5-4(6)3-1-2-3;4-3-1-2-5-6-3/h1-2,5-8H,3-4,12H2;3-5H,1-2H2;1-3H,6H2,(H,7,8);3,5-6H,1-2H2;1-2H,(H,5,6). The number of aromatic nitrogens is 8. The van der Waals surface area contributed by atoms with Gasteiger partial charge in [-0.1, -0.05) is 12.8 Å². The molecule has 0 unspecified atom stereocenters. The Morgan fingerprint density at radius 2 is 1.47 bits per heavy atom. The monoisotopic (exact) mass is 744 g/mol. The van der Waals surface area contributed by atoms with Gasteiger partial charge in [0.1, 0.15) is 9.21 Å². The van der Waals surface area contributed by atoms with Gasteiger partial charge in [0.25, 0.3) is 11.1 Å². The predicted molar refractivity (Wildman–Crippen MR) is 180 cm³/mol. The smallest absolute Gasteiger partial charge is 0.427 e. The molecular weight excluding hydrogens is 711 g/mol. The summed E-state index contributed by atoms with van der Waals surface area (Å²) in [5.41, 5.74) is 10.8. The van der Waals surface area contributed by atoms with Crippen LogP contribution in [0.1, 0.15) is 50.6 Å². The zero-order chi connectivity index (χ0) is 32.3. The van der Waals surface area contributed by atoms with Crippen LogP contribution in [0.25, 0.3) is 5.82 Å². The summed E-state index contributed by atoms with van der Waals surface area (Å²) in [4.78, 5) is 24.6. The highest BCUT2D eigenvalue weighted by Gasteiger charge is 2.33. The normalized spacial score (nSPS) is 14.7. The van der Waals surface area contributed by atoms with Crippen LogP contribution in [0.15, 0.2) is 92.2 Å². The molecule has 3 fully saturated rings. The van der Waals surface area contributed by atoms with Gasteiger partial charge < -0.3 is 26.5 Å². The molecule has 238 valence electrons. The summed E-state index contributed by atoms with van der Waals surface area (Å²) >= 11 is 6.46. The van der Waals surface area contributed by atoms with Crippen LogP contribution in [-0.2, 0) is 0 Å². The van der Waals surface area contributed by atoms with Crippen LogP contribution in [0.4, 0.5) is 11.4 Å². The SMILES string of the molecule is Brc1ccn(C2CC2)n1.Brc1ccn[nH]1.Nc1ccc[nH]c1=O.Nc1cccn(-c2ccn(C3CC3)n2)c1=O.OB(O)C1CC1. The zero-order valence-electron chi connectivity index (χ0n) is 24.3. The lowest BCUT2D eigenvalue weighted by Crippen LogP contribution is -2.20. The van der Waals surface area contributed by atoms with E-state index in [4.69, 9.17) is 21.5 Å². The van der Waals surface area contributed by atoms with E-state index in [1.807, 2.05) is 40.0 Å². The number of aromatic amines is 2.